The molecule has 0 N–H and O–H groups in total. The van der Waals surface area contributed by atoms with Gasteiger partial charge in [0, 0.05) is 0 Å². The van der Waals surface area contributed by atoms with Crippen LogP contribution in [-0.2, 0) is 182 Å². The maximum atomic E-state index is 8.56. The second kappa shape index (κ2) is 60.8. The molecule has 34 heavy (non-hydrogen) atoms. The zero-order valence-corrected chi connectivity index (χ0v) is 32.1. The second-order valence-corrected chi connectivity index (χ2v) is 7.38. The fourth-order valence-corrected chi connectivity index (χ4v) is 0. The Bertz CT molecular complexity index is 666. The predicted molar refractivity (Wildman–Crippen MR) is 16.7 cm³/mol. The topological polar surface area (TPSA) is 458 Å². The Morgan fingerprint density at radius 1 is 0.235 bits per heavy atom. The van der Waals surface area contributed by atoms with E-state index in [1.54, 1.807) is 0 Å². The van der Waals surface area contributed by atoms with Crippen molar-refractivity contribution in [3.8, 4) is 0 Å². The summed E-state index contributed by atoms with van der Waals surface area (Å²) in [6, 6.07) is 0. The first kappa shape index (κ1) is 66.0. The Morgan fingerprint density at radius 3 is 0.235 bits per heavy atom. The van der Waals surface area contributed by atoms with E-state index in [2.05, 4.69) is 0 Å². The minimum absolute atomic E-state index is 0. The van der Waals surface area contributed by atoms with Crippen molar-refractivity contribution in [2.45, 2.75) is 0 Å². The van der Waals surface area contributed by atoms with Crippen molar-refractivity contribution in [2.75, 3.05) is 0 Å². The van der Waals surface area contributed by atoms with E-state index < -0.39 is 123 Å². The van der Waals surface area contributed by atoms with Crippen LogP contribution in [-0.4, -0.2) is 37.7 Å². The smallest absolute Gasteiger partial charge is 6.00 e. The molecule has 34 heteroatoms. The van der Waals surface area contributed by atoms with Gasteiger partial charge in [-0.15, -0.1) is 0 Å². The van der Waals surface area contributed by atoms with Gasteiger partial charge in [-0.1, -0.05) is 0 Å². The minimum Gasteiger partial charge on any atom is 6.00 e. The van der Waals surface area contributed by atoms with Gasteiger partial charge in [-0.2, -0.15) is 0 Å². The summed E-state index contributed by atoms with van der Waals surface area (Å²) in [4.78, 5) is 0. The van der Waals surface area contributed by atoms with Gasteiger partial charge in [0.15, 0.2) is 0 Å². The van der Waals surface area contributed by atoms with Crippen LogP contribution >= 0.6 is 0 Å². The van der Waals surface area contributed by atoms with Gasteiger partial charge in [-0.3, -0.25) is 0 Å². The van der Waals surface area contributed by atoms with Crippen LogP contribution in [0.4, 0.5) is 0 Å². The van der Waals surface area contributed by atoms with E-state index in [0.717, 1.165) is 0 Å². The Balaban J connectivity index is -0.0000000240. The van der Waals surface area contributed by atoms with Crippen LogP contribution in [0.5, 0.6) is 0 Å². The molecule has 0 aromatic carbocycles. The van der Waals surface area contributed by atoms with Gasteiger partial charge in [-0.05, 0) is 0 Å². The van der Waals surface area contributed by atoms with Gasteiger partial charge in [0.2, 0.25) is 0 Å². The van der Waals surface area contributed by atoms with E-state index in [0.29, 0.717) is 0 Å². The fraction of sp³-hybridized carbons (Fsp3) is 0. The summed E-state index contributed by atoms with van der Waals surface area (Å²) in [6.45, 7) is 0. The Hall–Kier alpha value is 3.47. The van der Waals surface area contributed by atoms with Crippen molar-refractivity contribution in [3.05, 3.63) is 0 Å². The molecule has 0 aliphatic carbocycles. The van der Waals surface area contributed by atoms with Gasteiger partial charge in [-0.25, -0.2) is 0 Å². The summed E-state index contributed by atoms with van der Waals surface area (Å²) in [7, 11) is 0. The van der Waals surface area contributed by atoms with Crippen molar-refractivity contribution in [1.29, 1.82) is 0 Å². The zero-order valence-electron chi connectivity index (χ0n) is 14.6. The summed E-state index contributed by atoms with van der Waals surface area (Å²) in [5, 5.41) is 0. The van der Waals surface area contributed by atoms with Crippen LogP contribution in [0, 0.1) is 31.1 Å². The average molecular weight is 1070 g/mol. The Morgan fingerprint density at radius 2 is 0.235 bits per heavy atom. The summed E-state index contributed by atoms with van der Waals surface area (Å²) in [6.07, 6.45) is 0. The van der Waals surface area contributed by atoms with Gasteiger partial charge in [0.1, 0.15) is 0 Å². The van der Waals surface area contributed by atoms with Gasteiger partial charge >= 0.3 is 283 Å². The molecule has 0 amide bonds. The molecule has 0 bridgehead atoms. The summed E-state index contributed by atoms with van der Waals surface area (Å²) < 4.78 is 206. The van der Waals surface area contributed by atoms with Crippen LogP contribution in [0.1, 0.15) is 0 Å². The van der Waals surface area contributed by atoms with Gasteiger partial charge in [0.05, 0.1) is 0 Å². The number of hydrogen-bond donors (Lipinski definition) is 0. The van der Waals surface area contributed by atoms with Crippen LogP contribution in [0.2, 0.25) is 0 Å². The molecule has 0 aliphatic heterocycles. The molecule has 190 valence electrons. The average Bonchev–Trinajstić information content (AvgIpc) is 2.30. The molecule has 0 rings (SSSR count). The quantitative estimate of drug-likeness (QED) is 0.203. The third-order valence-corrected chi connectivity index (χ3v) is 0. The van der Waals surface area contributed by atoms with E-state index in [9.17, 15) is 0 Å². The standard InChI is InChI=1S/Ca.24O.U.8V/q+2;;;;;;;;;;;;;;;;;8*-1;+6;;;;;;;;. The summed E-state index contributed by atoms with van der Waals surface area (Å²) in [5.41, 5.74) is 0. The monoisotopic (exact) mass is 1070 g/mol. The SMILES string of the molecule is [Ca+2].[O]=[V](=[O])[O-].[O]=[V](=[O])[O-].[O]=[V](=[O])[O-].[O]=[V](=[O])[O-].[O]=[V](=[O])[O-].[O]=[V](=[O])[O-].[O]=[V](=[O])[O-].[O]=[V](=[O])[O-].[U+6]. The van der Waals surface area contributed by atoms with E-state index in [1.165, 1.54) is 0 Å². The van der Waals surface area contributed by atoms with Crippen molar-refractivity contribution in [1.82, 2.24) is 0 Å². The van der Waals surface area contributed by atoms with Crippen molar-refractivity contribution in [3.63, 3.8) is 0 Å². The third-order valence-electron chi connectivity index (χ3n) is 0. The van der Waals surface area contributed by atoms with E-state index in [1.807, 2.05) is 0 Å². The molecule has 0 saturated heterocycles. The molecule has 0 fully saturated rings. The van der Waals surface area contributed by atoms with Crippen molar-refractivity contribution >= 4 is 37.7 Å². The van der Waals surface area contributed by atoms with Crippen LogP contribution in [0.3, 0.4) is 0 Å². The third kappa shape index (κ3) is 3510. The van der Waals surface area contributed by atoms with Crippen LogP contribution in [0.15, 0.2) is 0 Å². The Kier molecular flexibility index (Phi) is 118. The van der Waals surface area contributed by atoms with E-state index in [-0.39, 0.29) is 68.9 Å². The second-order valence-electron chi connectivity index (χ2n) is 1.79. The summed E-state index contributed by atoms with van der Waals surface area (Å²) >= 11 is -31.5. The largest absolute Gasteiger partial charge is 6.00 e. The van der Waals surface area contributed by atoms with Crippen molar-refractivity contribution < 1.29 is 245 Å². The molecular weight excluding hydrogens is 1070 g/mol. The number of hydrogen-bond acceptors (Lipinski definition) is 24. The Labute approximate surface area is 277 Å². The molecule has 0 aromatic heterocycles. The fourth-order valence-electron chi connectivity index (χ4n) is 0. The molecule has 24 nitrogen and oxygen atoms in total. The maximum Gasteiger partial charge on any atom is 6.00 e. The number of rotatable bonds is 0. The molecule has 0 atom stereocenters. The van der Waals surface area contributed by atoms with Crippen molar-refractivity contribution in [2.24, 2.45) is 0 Å². The van der Waals surface area contributed by atoms with E-state index in [4.69, 9.17) is 91.0 Å². The molecular formula is CaO24UV8. The first-order valence-corrected chi connectivity index (χ1v) is 18.1. The minimum atomic E-state index is -3.94. The molecule has 0 radical (unpaired) electrons. The van der Waals surface area contributed by atoms with Crippen LogP contribution < -0.4 is 32.3 Å². The molecule has 0 aliphatic rings. The first-order valence-electron chi connectivity index (χ1n) is 4.38. The normalized spacial score (nSPS) is 5.88. The molecule has 0 saturated carbocycles. The molecule has 0 unspecified atom stereocenters. The van der Waals surface area contributed by atoms with E-state index >= 15 is 0 Å². The van der Waals surface area contributed by atoms with Gasteiger partial charge < -0.3 is 0 Å². The maximum absolute atomic E-state index is 8.56. The molecule has 0 heterocycles. The molecule has 0 spiro atoms. The summed E-state index contributed by atoms with van der Waals surface area (Å²) in [5.74, 6) is 0. The van der Waals surface area contributed by atoms with Crippen LogP contribution in [0.25, 0.3) is 0 Å². The molecule has 0 aromatic rings. The first-order chi connectivity index (χ1) is 13.9. The zero-order chi connectivity index (χ0) is 28.6. The predicted octanol–water partition coefficient (Wildman–Crippen LogP) is -11.8. The van der Waals surface area contributed by atoms with Gasteiger partial charge in [0.25, 0.3) is 0 Å².